The zero-order valence-corrected chi connectivity index (χ0v) is 12.5. The largest absolute Gasteiger partial charge is 0.481 e. The smallest absolute Gasteiger partial charge is 0.316 e. The van der Waals surface area contributed by atoms with Crippen LogP contribution in [-0.2, 0) is 15.6 Å². The highest BCUT2D eigenvalue weighted by Crippen LogP contribution is 2.70. The van der Waals surface area contributed by atoms with Crippen molar-refractivity contribution in [1.29, 1.82) is 0 Å². The Morgan fingerprint density at radius 2 is 1.62 bits per heavy atom. The summed E-state index contributed by atoms with van der Waals surface area (Å²) >= 11 is 0. The minimum absolute atomic E-state index is 0.224. The predicted molar refractivity (Wildman–Crippen MR) is 79.2 cm³/mol. The van der Waals surface area contributed by atoms with E-state index >= 15 is 0 Å². The molecule has 4 nitrogen and oxygen atoms in total. The Labute approximate surface area is 123 Å². The molecule has 21 heavy (non-hydrogen) atoms. The molecular weight excluding hydrogens is 264 g/mol. The fourth-order valence-corrected chi connectivity index (χ4v) is 4.52. The summed E-state index contributed by atoms with van der Waals surface area (Å²) in [5.41, 5.74) is 1.69. The average molecular weight is 282 g/mol. The molecule has 0 spiro atoms. The number of carbonyl (C=O) groups is 1. The summed E-state index contributed by atoms with van der Waals surface area (Å²) in [4.78, 5) is 21.7. The maximum absolute atomic E-state index is 12.2. The molecule has 2 bridgehead atoms. The molecule has 1 saturated carbocycles. The van der Waals surface area contributed by atoms with Crippen molar-refractivity contribution in [1.82, 2.24) is 9.97 Å². The second-order valence-electron chi connectivity index (χ2n) is 7.08. The van der Waals surface area contributed by atoms with Gasteiger partial charge in [0.15, 0.2) is 0 Å². The molecular formula is C17H18N2O2. The lowest BCUT2D eigenvalue weighted by Gasteiger charge is -2.37. The highest BCUT2D eigenvalue weighted by atomic mass is 16.4. The molecule has 0 saturated heterocycles. The molecule has 0 unspecified atom stereocenters. The van der Waals surface area contributed by atoms with Crippen LogP contribution in [0.1, 0.15) is 45.0 Å². The fourth-order valence-electron chi connectivity index (χ4n) is 4.52. The van der Waals surface area contributed by atoms with Crippen LogP contribution in [0.3, 0.4) is 0 Å². The Morgan fingerprint density at radius 1 is 1.05 bits per heavy atom. The zero-order valence-electron chi connectivity index (χ0n) is 12.5. The Bertz CT molecular complexity index is 798. The first-order chi connectivity index (χ1) is 9.84. The number of hydrogen-bond acceptors (Lipinski definition) is 3. The lowest BCUT2D eigenvalue weighted by Crippen LogP contribution is -2.45. The summed E-state index contributed by atoms with van der Waals surface area (Å²) in [6.07, 6.45) is 1.50. The second kappa shape index (κ2) is 3.43. The van der Waals surface area contributed by atoms with Crippen LogP contribution in [0.25, 0.3) is 11.0 Å². The summed E-state index contributed by atoms with van der Waals surface area (Å²) in [7, 11) is 0. The molecule has 0 amide bonds. The Balaban J connectivity index is 2.15. The summed E-state index contributed by atoms with van der Waals surface area (Å²) < 4.78 is 0. The third-order valence-corrected chi connectivity index (χ3v) is 6.31. The molecule has 1 heterocycles. The quantitative estimate of drug-likeness (QED) is 0.873. The summed E-state index contributed by atoms with van der Waals surface area (Å²) in [6.45, 7) is 6.26. The van der Waals surface area contributed by atoms with Gasteiger partial charge in [0.05, 0.1) is 22.4 Å². The van der Waals surface area contributed by atoms with Crippen LogP contribution in [0.15, 0.2) is 24.3 Å². The van der Waals surface area contributed by atoms with E-state index in [1.165, 1.54) is 0 Å². The second-order valence-corrected chi connectivity index (χ2v) is 7.08. The maximum Gasteiger partial charge on any atom is 0.316 e. The van der Waals surface area contributed by atoms with Gasteiger partial charge in [0.1, 0.15) is 5.41 Å². The molecule has 4 heteroatoms. The number of hydrogen-bond donors (Lipinski definition) is 1. The number of para-hydroxylation sites is 2. The summed E-state index contributed by atoms with van der Waals surface area (Å²) in [5.74, 6) is -0.764. The van der Waals surface area contributed by atoms with Gasteiger partial charge >= 0.3 is 5.97 Å². The standard InChI is InChI=1S/C17H18N2O2/c1-15(2)16(3)8-9-17(15,14(20)21)13-12(16)18-10-6-4-5-7-11(10)19-13/h4-7H,8-9H2,1-3H3,(H,20,21)/t16-,17-/m1/s1. The van der Waals surface area contributed by atoms with Crippen LogP contribution in [0.5, 0.6) is 0 Å². The van der Waals surface area contributed by atoms with Gasteiger partial charge in [-0.05, 0) is 30.4 Å². The van der Waals surface area contributed by atoms with Gasteiger partial charge in [-0.3, -0.25) is 4.79 Å². The van der Waals surface area contributed by atoms with Gasteiger partial charge in [-0.1, -0.05) is 32.9 Å². The van der Waals surface area contributed by atoms with E-state index in [0.717, 1.165) is 23.1 Å². The van der Waals surface area contributed by atoms with Gasteiger partial charge in [0.2, 0.25) is 0 Å². The van der Waals surface area contributed by atoms with Crippen LogP contribution in [0.2, 0.25) is 0 Å². The zero-order chi connectivity index (χ0) is 15.0. The monoisotopic (exact) mass is 282 g/mol. The molecule has 2 aliphatic carbocycles. The number of aliphatic carboxylic acids is 1. The Kier molecular flexibility index (Phi) is 2.08. The molecule has 1 aromatic carbocycles. The van der Waals surface area contributed by atoms with Crippen molar-refractivity contribution in [3.63, 3.8) is 0 Å². The number of carboxylic acid groups (broad SMARTS) is 1. The van der Waals surface area contributed by atoms with E-state index < -0.39 is 11.4 Å². The normalized spacial score (nSPS) is 32.3. The SMILES string of the molecule is CC1(C)[C@]2(C(=O)O)CC[C@]1(C)c1nc3ccccc3nc12. The van der Waals surface area contributed by atoms with Crippen LogP contribution in [0.4, 0.5) is 0 Å². The van der Waals surface area contributed by atoms with E-state index in [2.05, 4.69) is 20.8 Å². The minimum Gasteiger partial charge on any atom is -0.481 e. The number of aromatic nitrogens is 2. The highest BCUT2D eigenvalue weighted by molar-refractivity contribution is 5.87. The molecule has 0 radical (unpaired) electrons. The number of carboxylic acids is 1. The van der Waals surface area contributed by atoms with E-state index in [9.17, 15) is 9.90 Å². The van der Waals surface area contributed by atoms with Gasteiger partial charge in [-0.25, -0.2) is 9.97 Å². The molecule has 1 N–H and O–H groups in total. The van der Waals surface area contributed by atoms with Gasteiger partial charge in [-0.15, -0.1) is 0 Å². The van der Waals surface area contributed by atoms with Gasteiger partial charge in [-0.2, -0.15) is 0 Å². The average Bonchev–Trinajstić information content (AvgIpc) is 2.74. The van der Waals surface area contributed by atoms with E-state index in [4.69, 9.17) is 9.97 Å². The minimum atomic E-state index is -0.909. The first kappa shape index (κ1) is 12.7. The molecule has 1 fully saturated rings. The number of rotatable bonds is 1. The lowest BCUT2D eigenvalue weighted by atomic mass is 9.64. The van der Waals surface area contributed by atoms with E-state index in [1.807, 2.05) is 24.3 Å². The first-order valence-electron chi connectivity index (χ1n) is 7.36. The Morgan fingerprint density at radius 3 is 2.19 bits per heavy atom. The maximum atomic E-state index is 12.2. The number of nitrogens with zero attached hydrogens (tertiary/aromatic N) is 2. The number of benzene rings is 1. The van der Waals surface area contributed by atoms with Crippen LogP contribution < -0.4 is 0 Å². The van der Waals surface area contributed by atoms with Crippen molar-refractivity contribution >= 4 is 17.0 Å². The van der Waals surface area contributed by atoms with Crippen molar-refractivity contribution in [3.8, 4) is 0 Å². The van der Waals surface area contributed by atoms with E-state index in [0.29, 0.717) is 12.1 Å². The first-order valence-corrected chi connectivity index (χ1v) is 7.36. The van der Waals surface area contributed by atoms with Crippen molar-refractivity contribution in [3.05, 3.63) is 35.7 Å². The molecule has 2 atom stereocenters. The molecule has 4 rings (SSSR count). The summed E-state index contributed by atoms with van der Waals surface area (Å²) in [6, 6.07) is 7.70. The van der Waals surface area contributed by atoms with Gasteiger partial charge in [0.25, 0.3) is 0 Å². The van der Waals surface area contributed by atoms with Crippen molar-refractivity contribution < 1.29 is 9.90 Å². The predicted octanol–water partition coefficient (Wildman–Crippen LogP) is 3.04. The third-order valence-electron chi connectivity index (χ3n) is 6.31. The van der Waals surface area contributed by atoms with E-state index in [-0.39, 0.29) is 10.8 Å². The van der Waals surface area contributed by atoms with E-state index in [1.54, 1.807) is 0 Å². The Hall–Kier alpha value is -1.97. The molecule has 2 aliphatic rings. The van der Waals surface area contributed by atoms with Crippen LogP contribution in [0, 0.1) is 5.41 Å². The topological polar surface area (TPSA) is 63.1 Å². The third kappa shape index (κ3) is 1.13. The van der Waals surface area contributed by atoms with Crippen LogP contribution >= 0.6 is 0 Å². The highest BCUT2D eigenvalue weighted by Gasteiger charge is 2.73. The molecule has 108 valence electrons. The van der Waals surface area contributed by atoms with Gasteiger partial charge in [0, 0.05) is 5.41 Å². The van der Waals surface area contributed by atoms with Gasteiger partial charge < -0.3 is 5.11 Å². The van der Waals surface area contributed by atoms with Crippen LogP contribution in [-0.4, -0.2) is 21.0 Å². The van der Waals surface area contributed by atoms with Crippen molar-refractivity contribution in [2.75, 3.05) is 0 Å². The fraction of sp³-hybridized carbons (Fsp3) is 0.471. The molecule has 1 aromatic heterocycles. The molecule has 0 aliphatic heterocycles. The molecule has 2 aromatic rings. The lowest BCUT2D eigenvalue weighted by molar-refractivity contribution is -0.148. The van der Waals surface area contributed by atoms with Crippen molar-refractivity contribution in [2.45, 2.75) is 44.4 Å². The number of fused-ring (bicyclic) bond motifs is 6. The summed E-state index contributed by atoms with van der Waals surface area (Å²) in [5, 5.41) is 9.99. The van der Waals surface area contributed by atoms with Crippen molar-refractivity contribution in [2.24, 2.45) is 5.41 Å².